The number of hydrogen-bond acceptors (Lipinski definition) is 2. The van der Waals surface area contributed by atoms with Gasteiger partial charge in [-0.1, -0.05) is 11.6 Å². The normalized spacial score (nSPS) is 9.50. The molecule has 0 N–H and O–H groups in total. The van der Waals surface area contributed by atoms with Gasteiger partial charge in [0.2, 0.25) is 0 Å². The Labute approximate surface area is 76.8 Å². The van der Waals surface area contributed by atoms with Crippen molar-refractivity contribution < 1.29 is 4.79 Å². The molecule has 12 heavy (non-hydrogen) atoms. The fourth-order valence-electron chi connectivity index (χ4n) is 0.913. The average Bonchev–Trinajstić information content (AvgIpc) is 2.06. The Bertz CT molecular complexity index is 258. The van der Waals surface area contributed by atoms with Gasteiger partial charge in [-0.25, -0.2) is 0 Å². The predicted molar refractivity (Wildman–Crippen MR) is 50.8 cm³/mol. The van der Waals surface area contributed by atoms with Crippen LogP contribution in [0.25, 0.3) is 0 Å². The SMILES string of the molecule is CN(CC=O)c1ccc(Cl)cc1. The summed E-state index contributed by atoms with van der Waals surface area (Å²) in [6, 6.07) is 7.37. The minimum absolute atomic E-state index is 0.404. The van der Waals surface area contributed by atoms with E-state index in [9.17, 15) is 4.79 Å². The summed E-state index contributed by atoms with van der Waals surface area (Å²) in [5, 5.41) is 0.707. The van der Waals surface area contributed by atoms with Gasteiger partial charge in [-0.2, -0.15) is 0 Å². The Balaban J connectivity index is 2.74. The lowest BCUT2D eigenvalue weighted by atomic mass is 10.3. The van der Waals surface area contributed by atoms with Crippen LogP contribution in [0.2, 0.25) is 5.02 Å². The highest BCUT2D eigenvalue weighted by atomic mass is 35.5. The van der Waals surface area contributed by atoms with Crippen LogP contribution in [0.3, 0.4) is 0 Å². The van der Waals surface area contributed by atoms with Crippen molar-refractivity contribution in [3.63, 3.8) is 0 Å². The highest BCUT2D eigenvalue weighted by Gasteiger charge is 1.97. The molecule has 1 aromatic rings. The van der Waals surface area contributed by atoms with Gasteiger partial charge in [-0.3, -0.25) is 0 Å². The Morgan fingerprint density at radius 1 is 1.42 bits per heavy atom. The van der Waals surface area contributed by atoms with Gasteiger partial charge in [0.25, 0.3) is 0 Å². The number of halogens is 1. The molecular formula is C9H10ClNO. The molecule has 3 heteroatoms. The van der Waals surface area contributed by atoms with Gasteiger partial charge in [0.05, 0.1) is 6.54 Å². The standard InChI is InChI=1S/C9H10ClNO/c1-11(6-7-12)9-4-2-8(10)3-5-9/h2-5,7H,6H2,1H3. The second-order valence-electron chi connectivity index (χ2n) is 2.52. The average molecular weight is 184 g/mol. The third-order valence-electron chi connectivity index (χ3n) is 1.62. The number of rotatable bonds is 3. The Morgan fingerprint density at radius 3 is 2.50 bits per heavy atom. The van der Waals surface area contributed by atoms with E-state index in [1.54, 1.807) is 12.1 Å². The van der Waals surface area contributed by atoms with Crippen molar-refractivity contribution in [2.45, 2.75) is 0 Å². The molecule has 0 atom stereocenters. The van der Waals surface area contributed by atoms with Crippen LogP contribution in [0.1, 0.15) is 0 Å². The highest BCUT2D eigenvalue weighted by Crippen LogP contribution is 2.15. The van der Waals surface area contributed by atoms with E-state index in [4.69, 9.17) is 11.6 Å². The molecule has 0 radical (unpaired) electrons. The molecule has 64 valence electrons. The molecule has 0 heterocycles. The van der Waals surface area contributed by atoms with Crippen molar-refractivity contribution in [2.24, 2.45) is 0 Å². The van der Waals surface area contributed by atoms with E-state index in [1.807, 2.05) is 24.1 Å². The Kier molecular flexibility index (Phi) is 3.11. The van der Waals surface area contributed by atoms with Crippen LogP contribution in [0.15, 0.2) is 24.3 Å². The number of nitrogens with zero attached hydrogens (tertiary/aromatic N) is 1. The molecule has 0 saturated heterocycles. The van der Waals surface area contributed by atoms with Crippen LogP contribution in [0.5, 0.6) is 0 Å². The lowest BCUT2D eigenvalue weighted by molar-refractivity contribution is -0.106. The lowest BCUT2D eigenvalue weighted by Crippen LogP contribution is -2.18. The number of carbonyl (C=O) groups excluding carboxylic acids is 1. The fourth-order valence-corrected chi connectivity index (χ4v) is 1.04. The van der Waals surface area contributed by atoms with Crippen molar-refractivity contribution in [2.75, 3.05) is 18.5 Å². The third-order valence-corrected chi connectivity index (χ3v) is 1.87. The summed E-state index contributed by atoms with van der Waals surface area (Å²) in [5.41, 5.74) is 0.992. The molecule has 0 amide bonds. The number of aldehydes is 1. The maximum Gasteiger partial charge on any atom is 0.139 e. The van der Waals surface area contributed by atoms with Crippen LogP contribution in [0, 0.1) is 0 Å². The summed E-state index contributed by atoms with van der Waals surface area (Å²) in [6.45, 7) is 0.404. The molecule has 1 aromatic carbocycles. The molecular weight excluding hydrogens is 174 g/mol. The van der Waals surface area contributed by atoms with Gasteiger partial charge in [-0.15, -0.1) is 0 Å². The van der Waals surface area contributed by atoms with Crippen molar-refractivity contribution >= 4 is 23.6 Å². The molecule has 0 aliphatic rings. The summed E-state index contributed by atoms with van der Waals surface area (Å²) in [4.78, 5) is 12.0. The maximum absolute atomic E-state index is 10.2. The molecule has 2 nitrogen and oxygen atoms in total. The topological polar surface area (TPSA) is 20.3 Å². The van der Waals surface area contributed by atoms with Crippen molar-refractivity contribution in [1.82, 2.24) is 0 Å². The smallest absolute Gasteiger partial charge is 0.139 e. The molecule has 0 spiro atoms. The summed E-state index contributed by atoms with van der Waals surface area (Å²) in [6.07, 6.45) is 0.870. The van der Waals surface area contributed by atoms with E-state index in [0.29, 0.717) is 11.6 Å². The second kappa shape index (κ2) is 4.12. The molecule has 1 rings (SSSR count). The number of likely N-dealkylation sites (N-methyl/N-ethyl adjacent to an activating group) is 1. The monoisotopic (exact) mass is 183 g/mol. The molecule has 0 saturated carbocycles. The van der Waals surface area contributed by atoms with E-state index < -0.39 is 0 Å². The van der Waals surface area contributed by atoms with Gasteiger partial charge < -0.3 is 9.69 Å². The van der Waals surface area contributed by atoms with Crippen LogP contribution in [-0.4, -0.2) is 19.9 Å². The first kappa shape index (κ1) is 9.07. The van der Waals surface area contributed by atoms with E-state index in [-0.39, 0.29) is 0 Å². The van der Waals surface area contributed by atoms with Crippen molar-refractivity contribution in [3.05, 3.63) is 29.3 Å². The fraction of sp³-hybridized carbons (Fsp3) is 0.222. The van der Waals surface area contributed by atoms with Gasteiger partial charge in [-0.05, 0) is 24.3 Å². The minimum atomic E-state index is 0.404. The first-order chi connectivity index (χ1) is 5.74. The summed E-state index contributed by atoms with van der Waals surface area (Å²) < 4.78 is 0. The van der Waals surface area contributed by atoms with Crippen molar-refractivity contribution in [1.29, 1.82) is 0 Å². The van der Waals surface area contributed by atoms with Crippen LogP contribution < -0.4 is 4.90 Å². The molecule has 0 fully saturated rings. The summed E-state index contributed by atoms with van der Waals surface area (Å²) in [7, 11) is 1.86. The Hall–Kier alpha value is -1.02. The van der Waals surface area contributed by atoms with Gasteiger partial charge >= 0.3 is 0 Å². The van der Waals surface area contributed by atoms with E-state index in [1.165, 1.54) is 0 Å². The van der Waals surface area contributed by atoms with E-state index in [0.717, 1.165) is 12.0 Å². The maximum atomic E-state index is 10.2. The van der Waals surface area contributed by atoms with Gasteiger partial charge in [0.1, 0.15) is 6.29 Å². The van der Waals surface area contributed by atoms with Gasteiger partial charge in [0.15, 0.2) is 0 Å². The predicted octanol–water partition coefficient (Wildman–Crippen LogP) is 1.98. The summed E-state index contributed by atoms with van der Waals surface area (Å²) >= 11 is 5.71. The zero-order chi connectivity index (χ0) is 8.97. The largest absolute Gasteiger partial charge is 0.368 e. The van der Waals surface area contributed by atoms with Gasteiger partial charge in [0, 0.05) is 17.8 Å². The first-order valence-electron chi connectivity index (χ1n) is 3.64. The van der Waals surface area contributed by atoms with E-state index in [2.05, 4.69) is 0 Å². The quantitative estimate of drug-likeness (QED) is 0.668. The van der Waals surface area contributed by atoms with Crippen molar-refractivity contribution in [3.8, 4) is 0 Å². The number of benzene rings is 1. The third kappa shape index (κ3) is 2.24. The highest BCUT2D eigenvalue weighted by molar-refractivity contribution is 6.30. The van der Waals surface area contributed by atoms with E-state index >= 15 is 0 Å². The van der Waals surface area contributed by atoms with Crippen LogP contribution in [-0.2, 0) is 4.79 Å². The van der Waals surface area contributed by atoms with Crippen LogP contribution >= 0.6 is 11.6 Å². The number of anilines is 1. The molecule has 0 bridgehead atoms. The Morgan fingerprint density at radius 2 is 2.00 bits per heavy atom. The second-order valence-corrected chi connectivity index (χ2v) is 2.96. The number of hydrogen-bond donors (Lipinski definition) is 0. The zero-order valence-corrected chi connectivity index (χ0v) is 7.58. The summed E-state index contributed by atoms with van der Waals surface area (Å²) in [5.74, 6) is 0. The van der Waals surface area contributed by atoms with Crippen LogP contribution in [0.4, 0.5) is 5.69 Å². The molecule has 0 aliphatic carbocycles. The molecule has 0 aromatic heterocycles. The minimum Gasteiger partial charge on any atom is -0.368 e. The molecule has 0 unspecified atom stereocenters. The number of carbonyl (C=O) groups is 1. The first-order valence-corrected chi connectivity index (χ1v) is 4.02. The zero-order valence-electron chi connectivity index (χ0n) is 6.83. The lowest BCUT2D eigenvalue weighted by Gasteiger charge is -2.15. The molecule has 0 aliphatic heterocycles.